The minimum absolute atomic E-state index is 0.219. The van der Waals surface area contributed by atoms with Crippen LogP contribution in [0.5, 0.6) is 0 Å². The van der Waals surface area contributed by atoms with Crippen LogP contribution >= 0.6 is 0 Å². The number of carbonyl (C=O) groups is 1. The summed E-state index contributed by atoms with van der Waals surface area (Å²) in [7, 11) is 0. The van der Waals surface area contributed by atoms with Crippen molar-refractivity contribution in [2.45, 2.75) is 6.92 Å². The molecular weight excluding hydrogens is 188 g/mol. The summed E-state index contributed by atoms with van der Waals surface area (Å²) in [6.45, 7) is 3.57. The molecule has 0 bridgehead atoms. The first-order valence-corrected chi connectivity index (χ1v) is 4.30. The van der Waals surface area contributed by atoms with Crippen molar-refractivity contribution in [2.24, 2.45) is 5.11 Å². The molecule has 0 spiro atoms. The number of amides is 1. The lowest BCUT2D eigenvalue weighted by Gasteiger charge is -2.05. The Labute approximate surface area is 82.0 Å². The molecule has 1 N–H and O–H groups in total. The van der Waals surface area contributed by atoms with Gasteiger partial charge in [0.15, 0.2) is 0 Å². The maximum Gasteiger partial charge on any atom is 0.407 e. The molecule has 0 aliphatic heterocycles. The smallest absolute Gasteiger partial charge is 0.407 e. The predicted molar refractivity (Wildman–Crippen MR) is 49.9 cm³/mol. The minimum Gasteiger partial charge on any atom is -0.447 e. The van der Waals surface area contributed by atoms with Crippen molar-refractivity contribution >= 4 is 6.09 Å². The zero-order valence-electron chi connectivity index (χ0n) is 8.10. The van der Waals surface area contributed by atoms with Crippen molar-refractivity contribution in [1.29, 1.82) is 0 Å². The number of carbonyl (C=O) groups excluding carboxylic acids is 1. The number of azide groups is 1. The van der Waals surface area contributed by atoms with Crippen LogP contribution in [0.1, 0.15) is 6.92 Å². The van der Waals surface area contributed by atoms with Crippen LogP contribution < -0.4 is 5.32 Å². The van der Waals surface area contributed by atoms with Crippen LogP contribution in [0.25, 0.3) is 10.4 Å². The largest absolute Gasteiger partial charge is 0.447 e. The van der Waals surface area contributed by atoms with Crippen molar-refractivity contribution in [1.82, 2.24) is 5.32 Å². The van der Waals surface area contributed by atoms with E-state index in [1.807, 2.05) is 6.92 Å². The number of rotatable bonds is 7. The highest BCUT2D eigenvalue weighted by atomic mass is 16.6. The summed E-state index contributed by atoms with van der Waals surface area (Å²) in [5.74, 6) is 0. The molecule has 0 radical (unpaired) electrons. The third-order valence-electron chi connectivity index (χ3n) is 1.21. The standard InChI is InChI=1S/C7H14N4O3/c1-2-13-5-6-14-7(12)9-3-4-10-11-8/h2-6H2,1H3,(H,9,12). The summed E-state index contributed by atoms with van der Waals surface area (Å²) in [5, 5.41) is 5.65. The molecular formula is C7H14N4O3. The van der Waals surface area contributed by atoms with E-state index in [-0.39, 0.29) is 19.7 Å². The average Bonchev–Trinajstić information content (AvgIpc) is 2.19. The van der Waals surface area contributed by atoms with E-state index in [1.165, 1.54) is 0 Å². The molecule has 1 amide bonds. The van der Waals surface area contributed by atoms with E-state index in [0.717, 1.165) is 0 Å². The second kappa shape index (κ2) is 9.63. The zero-order chi connectivity index (χ0) is 10.6. The van der Waals surface area contributed by atoms with Crippen LogP contribution in [-0.2, 0) is 9.47 Å². The summed E-state index contributed by atoms with van der Waals surface area (Å²) in [6.07, 6.45) is -0.530. The summed E-state index contributed by atoms with van der Waals surface area (Å²) >= 11 is 0. The predicted octanol–water partition coefficient (Wildman–Crippen LogP) is 1.06. The Bertz CT molecular complexity index is 203. The van der Waals surface area contributed by atoms with Crippen LogP contribution in [0.15, 0.2) is 5.11 Å². The molecule has 0 rings (SSSR count). The number of ether oxygens (including phenoxy) is 2. The first-order chi connectivity index (χ1) is 6.81. The van der Waals surface area contributed by atoms with Gasteiger partial charge in [-0.3, -0.25) is 0 Å². The molecule has 0 atom stereocenters. The van der Waals surface area contributed by atoms with Gasteiger partial charge >= 0.3 is 6.09 Å². The van der Waals surface area contributed by atoms with E-state index in [0.29, 0.717) is 13.2 Å². The molecule has 0 aromatic rings. The third kappa shape index (κ3) is 8.63. The van der Waals surface area contributed by atoms with Crippen LogP contribution in [-0.4, -0.2) is 39.0 Å². The van der Waals surface area contributed by atoms with Crippen molar-refractivity contribution in [3.8, 4) is 0 Å². The molecule has 0 saturated carbocycles. The zero-order valence-corrected chi connectivity index (χ0v) is 8.10. The van der Waals surface area contributed by atoms with Gasteiger partial charge in [0, 0.05) is 24.6 Å². The Balaban J connectivity index is 3.23. The van der Waals surface area contributed by atoms with Gasteiger partial charge in [0.25, 0.3) is 0 Å². The van der Waals surface area contributed by atoms with Gasteiger partial charge in [-0.25, -0.2) is 4.79 Å². The fraction of sp³-hybridized carbons (Fsp3) is 0.857. The van der Waals surface area contributed by atoms with Crippen LogP contribution in [0.4, 0.5) is 4.79 Å². The van der Waals surface area contributed by atoms with Crippen molar-refractivity contribution in [3.63, 3.8) is 0 Å². The van der Waals surface area contributed by atoms with Gasteiger partial charge < -0.3 is 14.8 Å². The number of hydrogen-bond donors (Lipinski definition) is 1. The van der Waals surface area contributed by atoms with Gasteiger partial charge in [0.1, 0.15) is 6.61 Å². The highest BCUT2D eigenvalue weighted by molar-refractivity contribution is 5.67. The molecule has 0 unspecified atom stereocenters. The normalized spacial score (nSPS) is 8.93. The molecule has 7 heteroatoms. The van der Waals surface area contributed by atoms with E-state index < -0.39 is 6.09 Å². The highest BCUT2D eigenvalue weighted by Gasteiger charge is 1.98. The molecule has 0 aromatic carbocycles. The monoisotopic (exact) mass is 202 g/mol. The number of alkyl carbamates (subject to hydrolysis) is 1. The lowest BCUT2D eigenvalue weighted by Crippen LogP contribution is -2.27. The number of hydrogen-bond acceptors (Lipinski definition) is 4. The van der Waals surface area contributed by atoms with Gasteiger partial charge in [0.05, 0.1) is 6.61 Å². The lowest BCUT2D eigenvalue weighted by molar-refractivity contribution is 0.0790. The second-order valence-corrected chi connectivity index (χ2v) is 2.21. The first kappa shape index (κ1) is 12.5. The van der Waals surface area contributed by atoms with Crippen LogP contribution in [0.2, 0.25) is 0 Å². The van der Waals surface area contributed by atoms with E-state index >= 15 is 0 Å². The summed E-state index contributed by atoms with van der Waals surface area (Å²) < 4.78 is 9.67. The Morgan fingerprint density at radius 3 is 3.00 bits per heavy atom. The topological polar surface area (TPSA) is 96.3 Å². The van der Waals surface area contributed by atoms with Gasteiger partial charge in [-0.05, 0) is 12.5 Å². The molecule has 0 aliphatic carbocycles. The molecule has 0 saturated heterocycles. The van der Waals surface area contributed by atoms with E-state index in [9.17, 15) is 4.79 Å². The SMILES string of the molecule is CCOCCOC(=O)NCCN=[N+]=[N-]. The third-order valence-corrected chi connectivity index (χ3v) is 1.21. The van der Waals surface area contributed by atoms with Crippen molar-refractivity contribution in [3.05, 3.63) is 10.4 Å². The van der Waals surface area contributed by atoms with E-state index in [1.54, 1.807) is 0 Å². The molecule has 0 heterocycles. The van der Waals surface area contributed by atoms with Gasteiger partial charge in [0.2, 0.25) is 0 Å². The summed E-state index contributed by atoms with van der Waals surface area (Å²) in [4.78, 5) is 13.4. The van der Waals surface area contributed by atoms with Gasteiger partial charge in [-0.15, -0.1) is 0 Å². The summed E-state index contributed by atoms with van der Waals surface area (Å²) in [5.41, 5.74) is 7.93. The maximum atomic E-state index is 10.8. The van der Waals surface area contributed by atoms with Crippen molar-refractivity contribution in [2.75, 3.05) is 32.9 Å². The average molecular weight is 202 g/mol. The molecule has 80 valence electrons. The van der Waals surface area contributed by atoms with E-state index in [4.69, 9.17) is 15.0 Å². The number of nitrogens with zero attached hydrogens (tertiary/aromatic N) is 3. The quantitative estimate of drug-likeness (QED) is 0.289. The fourth-order valence-electron chi connectivity index (χ4n) is 0.641. The molecule has 14 heavy (non-hydrogen) atoms. The van der Waals surface area contributed by atoms with Gasteiger partial charge in [-0.1, -0.05) is 5.11 Å². The van der Waals surface area contributed by atoms with Gasteiger partial charge in [-0.2, -0.15) is 0 Å². The Kier molecular flexibility index (Phi) is 8.62. The Morgan fingerprint density at radius 2 is 2.36 bits per heavy atom. The van der Waals surface area contributed by atoms with Crippen LogP contribution in [0, 0.1) is 0 Å². The first-order valence-electron chi connectivity index (χ1n) is 4.30. The lowest BCUT2D eigenvalue weighted by atomic mass is 10.6. The molecule has 0 aliphatic rings. The Morgan fingerprint density at radius 1 is 1.57 bits per heavy atom. The Hall–Kier alpha value is -1.46. The molecule has 0 aromatic heterocycles. The van der Waals surface area contributed by atoms with E-state index in [2.05, 4.69) is 15.3 Å². The summed E-state index contributed by atoms with van der Waals surface area (Å²) in [6, 6.07) is 0. The number of nitrogens with one attached hydrogen (secondary N) is 1. The van der Waals surface area contributed by atoms with Crippen LogP contribution in [0.3, 0.4) is 0 Å². The fourth-order valence-corrected chi connectivity index (χ4v) is 0.641. The minimum atomic E-state index is -0.530. The second-order valence-electron chi connectivity index (χ2n) is 2.21. The molecule has 7 nitrogen and oxygen atoms in total. The molecule has 0 fully saturated rings. The van der Waals surface area contributed by atoms with Crippen molar-refractivity contribution < 1.29 is 14.3 Å². The maximum absolute atomic E-state index is 10.8. The highest BCUT2D eigenvalue weighted by Crippen LogP contribution is 1.80.